The molecule has 2 aliphatic carbocycles. The van der Waals surface area contributed by atoms with Crippen LogP contribution in [0.5, 0.6) is 0 Å². The van der Waals surface area contributed by atoms with Crippen LogP contribution in [-0.2, 0) is 27.4 Å². The predicted molar refractivity (Wildman–Crippen MR) is 149 cm³/mol. The quantitative estimate of drug-likeness (QED) is 0.447. The van der Waals surface area contributed by atoms with Crippen molar-refractivity contribution in [3.63, 3.8) is 0 Å². The molecule has 0 spiro atoms. The lowest BCUT2D eigenvalue weighted by Crippen LogP contribution is -2.50. The number of halogens is 1. The van der Waals surface area contributed by atoms with Gasteiger partial charge in [0.2, 0.25) is 0 Å². The van der Waals surface area contributed by atoms with E-state index in [-0.39, 0.29) is 55.0 Å². The fourth-order valence-corrected chi connectivity index (χ4v) is 6.34. The van der Waals surface area contributed by atoms with Crippen LogP contribution < -0.4 is 5.32 Å². The largest absolute Gasteiger partial charge is 0.444 e. The first kappa shape index (κ1) is 29.8. The number of amides is 2. The van der Waals surface area contributed by atoms with Crippen molar-refractivity contribution in [2.24, 2.45) is 11.3 Å². The maximum Gasteiger partial charge on any atom is 0.410 e. The van der Waals surface area contributed by atoms with Gasteiger partial charge >= 0.3 is 12.2 Å². The van der Waals surface area contributed by atoms with Crippen LogP contribution in [-0.4, -0.2) is 75.4 Å². The summed E-state index contributed by atoms with van der Waals surface area (Å²) in [6, 6.07) is 4.46. The molecule has 2 saturated carbocycles. The van der Waals surface area contributed by atoms with E-state index in [0.717, 1.165) is 24.8 Å². The van der Waals surface area contributed by atoms with Crippen LogP contribution in [0.2, 0.25) is 0 Å². The van der Waals surface area contributed by atoms with Crippen molar-refractivity contribution in [3.05, 3.63) is 35.1 Å². The first-order chi connectivity index (χ1) is 19.2. The van der Waals surface area contributed by atoms with Crippen molar-refractivity contribution >= 4 is 18.0 Å². The van der Waals surface area contributed by atoms with Gasteiger partial charge < -0.3 is 24.8 Å². The average Bonchev–Trinajstić information content (AvgIpc) is 3.71. The van der Waals surface area contributed by atoms with E-state index >= 15 is 0 Å². The van der Waals surface area contributed by atoms with Gasteiger partial charge in [-0.15, -0.1) is 0 Å². The molecule has 0 bridgehead atoms. The van der Waals surface area contributed by atoms with Gasteiger partial charge in [0.15, 0.2) is 5.78 Å². The lowest BCUT2D eigenvalue weighted by Gasteiger charge is -2.30. The van der Waals surface area contributed by atoms with Crippen molar-refractivity contribution < 1.29 is 33.4 Å². The van der Waals surface area contributed by atoms with Gasteiger partial charge in [0.25, 0.3) is 0 Å². The van der Waals surface area contributed by atoms with Crippen molar-refractivity contribution in [1.82, 2.24) is 15.1 Å². The molecule has 3 fully saturated rings. The number of hydrogen-bond acceptors (Lipinski definition) is 7. The zero-order chi connectivity index (χ0) is 29.7. The number of ketones is 1. The molecule has 226 valence electrons. The molecule has 2 aliphatic heterocycles. The Balaban J connectivity index is 1.24. The fourth-order valence-electron chi connectivity index (χ4n) is 6.34. The molecule has 41 heavy (non-hydrogen) atoms. The van der Waals surface area contributed by atoms with Crippen LogP contribution in [0.3, 0.4) is 0 Å². The van der Waals surface area contributed by atoms with Crippen LogP contribution in [0.15, 0.2) is 18.2 Å². The van der Waals surface area contributed by atoms with Crippen LogP contribution in [0.25, 0.3) is 0 Å². The molecule has 0 radical (unpaired) electrons. The average molecular weight is 574 g/mol. The molecule has 5 unspecified atom stereocenters. The number of ether oxygens (including phenoxy) is 2. The minimum atomic E-state index is -0.708. The van der Waals surface area contributed by atoms with Gasteiger partial charge in [-0.25, -0.2) is 14.0 Å². The Morgan fingerprint density at radius 3 is 2.54 bits per heavy atom. The van der Waals surface area contributed by atoms with Crippen LogP contribution in [0.4, 0.5) is 14.0 Å². The summed E-state index contributed by atoms with van der Waals surface area (Å²) in [5, 5.41) is 14.1. The molecule has 9 nitrogen and oxygen atoms in total. The highest BCUT2D eigenvalue weighted by Crippen LogP contribution is 2.52. The third kappa shape index (κ3) is 6.23. The number of nitrogens with one attached hydrogen (secondary N) is 1. The van der Waals surface area contributed by atoms with Gasteiger partial charge in [-0.3, -0.25) is 9.69 Å². The number of benzene rings is 1. The lowest BCUT2D eigenvalue weighted by atomic mass is 9.92. The number of rotatable bonds is 9. The van der Waals surface area contributed by atoms with Gasteiger partial charge in [0, 0.05) is 31.5 Å². The van der Waals surface area contributed by atoms with Crippen LogP contribution in [0.1, 0.15) is 84.3 Å². The van der Waals surface area contributed by atoms with E-state index in [0.29, 0.717) is 24.9 Å². The Labute approximate surface area is 241 Å². The minimum absolute atomic E-state index is 0.0237. The minimum Gasteiger partial charge on any atom is -0.444 e. The molecule has 2 heterocycles. The number of aliphatic hydroxyl groups is 1. The summed E-state index contributed by atoms with van der Waals surface area (Å²) in [4.78, 5) is 42.7. The standard InChI is InChI=1S/C31H44FN3O6/c1-6-20-14-31(20,26(37)13-25(36)30(5)10-11-30)33-15-21-12-22(17-35(21)28(39)41-29(2,3)4)40-27(38)34-16-19-8-7-9-24(32)23(19)18-34/h7-9,20-22,25,33,36H,6,10-18H2,1-5H3. The molecular weight excluding hydrogens is 529 g/mol. The van der Waals surface area contributed by atoms with Crippen molar-refractivity contribution in [2.45, 2.75) is 116 Å². The molecule has 5 atom stereocenters. The highest BCUT2D eigenvalue weighted by molar-refractivity contribution is 5.92. The second kappa shape index (κ2) is 10.8. The number of carbonyl (C=O) groups is 3. The Bertz CT molecular complexity index is 1200. The highest BCUT2D eigenvalue weighted by atomic mass is 19.1. The molecule has 1 aromatic rings. The smallest absolute Gasteiger partial charge is 0.410 e. The maximum absolute atomic E-state index is 14.2. The first-order valence-electron chi connectivity index (χ1n) is 14.9. The van der Waals surface area contributed by atoms with Crippen LogP contribution in [0, 0.1) is 17.2 Å². The Morgan fingerprint density at radius 2 is 1.93 bits per heavy atom. The van der Waals surface area contributed by atoms with Gasteiger partial charge in [0.05, 0.1) is 30.8 Å². The summed E-state index contributed by atoms with van der Waals surface area (Å²) in [7, 11) is 0. The van der Waals surface area contributed by atoms with Crippen LogP contribution >= 0.6 is 0 Å². The highest BCUT2D eigenvalue weighted by Gasteiger charge is 2.59. The summed E-state index contributed by atoms with van der Waals surface area (Å²) >= 11 is 0. The van der Waals surface area contributed by atoms with E-state index in [1.165, 1.54) is 11.0 Å². The number of carbonyl (C=O) groups excluding carboxylic acids is 3. The topological polar surface area (TPSA) is 108 Å². The summed E-state index contributed by atoms with van der Waals surface area (Å²) in [6.45, 7) is 10.4. The molecular formula is C31H44FN3O6. The third-order valence-electron chi connectivity index (χ3n) is 9.43. The number of hydrogen-bond donors (Lipinski definition) is 2. The molecule has 10 heteroatoms. The third-order valence-corrected chi connectivity index (χ3v) is 9.43. The van der Waals surface area contributed by atoms with E-state index in [2.05, 4.69) is 12.2 Å². The molecule has 4 aliphatic rings. The van der Waals surface area contributed by atoms with Crippen molar-refractivity contribution in [2.75, 3.05) is 13.1 Å². The van der Waals surface area contributed by atoms with E-state index in [4.69, 9.17) is 9.47 Å². The van der Waals surface area contributed by atoms with E-state index in [9.17, 15) is 23.9 Å². The number of nitrogens with zero attached hydrogens (tertiary/aromatic N) is 2. The second-order valence-electron chi connectivity index (χ2n) is 13.7. The summed E-state index contributed by atoms with van der Waals surface area (Å²) in [5.41, 5.74) is -0.312. The Morgan fingerprint density at radius 1 is 1.20 bits per heavy atom. The SMILES string of the molecule is CCC1CC1(NCC1CC(OC(=O)N2Cc3cccc(F)c3C2)CN1C(=O)OC(C)(C)C)C(=O)CC(O)C1(C)CC1. The zero-order valence-corrected chi connectivity index (χ0v) is 24.9. The molecule has 2 N–H and O–H groups in total. The van der Waals surface area contributed by atoms with Gasteiger partial charge in [-0.2, -0.15) is 0 Å². The monoisotopic (exact) mass is 573 g/mol. The van der Waals surface area contributed by atoms with Gasteiger partial charge in [0.1, 0.15) is 17.5 Å². The van der Waals surface area contributed by atoms with E-state index in [1.807, 2.05) is 6.92 Å². The van der Waals surface area contributed by atoms with Crippen molar-refractivity contribution in [1.29, 1.82) is 0 Å². The predicted octanol–water partition coefficient (Wildman–Crippen LogP) is 4.53. The lowest BCUT2D eigenvalue weighted by molar-refractivity contribution is -0.125. The van der Waals surface area contributed by atoms with Gasteiger partial charge in [-0.05, 0) is 63.0 Å². The summed E-state index contributed by atoms with van der Waals surface area (Å²) < 4.78 is 25.7. The number of likely N-dealkylation sites (tertiary alicyclic amines) is 1. The first-order valence-corrected chi connectivity index (χ1v) is 14.9. The summed E-state index contributed by atoms with van der Waals surface area (Å²) in [6.07, 6.45) is 1.65. The Kier molecular flexibility index (Phi) is 7.87. The van der Waals surface area contributed by atoms with Crippen molar-refractivity contribution in [3.8, 4) is 0 Å². The molecule has 1 aromatic carbocycles. The summed E-state index contributed by atoms with van der Waals surface area (Å²) in [5.74, 6) is -0.138. The second-order valence-corrected chi connectivity index (χ2v) is 13.7. The molecule has 2 amide bonds. The maximum atomic E-state index is 14.2. The molecule has 5 rings (SSSR count). The number of Topliss-reactive ketones (excluding diaryl/α,β-unsaturated/α-hetero) is 1. The molecule has 0 aromatic heterocycles. The van der Waals surface area contributed by atoms with Gasteiger partial charge in [-0.1, -0.05) is 32.4 Å². The normalized spacial score (nSPS) is 28.7. The number of fused-ring (bicyclic) bond motifs is 1. The van der Waals surface area contributed by atoms with E-state index in [1.54, 1.807) is 37.8 Å². The molecule has 1 saturated heterocycles. The number of aliphatic hydroxyl groups excluding tert-OH is 1. The zero-order valence-electron chi connectivity index (χ0n) is 24.9. The van der Waals surface area contributed by atoms with E-state index < -0.39 is 35.5 Å². The fraction of sp³-hybridized carbons (Fsp3) is 0.710. The Hall–Kier alpha value is -2.72.